The molecule has 0 atom stereocenters. The van der Waals surface area contributed by atoms with E-state index in [1.54, 1.807) is 17.7 Å². The highest BCUT2D eigenvalue weighted by Crippen LogP contribution is 2.19. The van der Waals surface area contributed by atoms with Crippen molar-refractivity contribution in [3.63, 3.8) is 0 Å². The first-order valence-corrected chi connectivity index (χ1v) is 7.08. The monoisotopic (exact) mass is 273 g/mol. The van der Waals surface area contributed by atoms with E-state index in [9.17, 15) is 0 Å². The second-order valence-corrected chi connectivity index (χ2v) is 5.45. The van der Waals surface area contributed by atoms with Crippen molar-refractivity contribution in [2.24, 2.45) is 5.73 Å². The number of rotatable bonds is 2. The lowest BCUT2D eigenvalue weighted by Crippen LogP contribution is -2.32. The van der Waals surface area contributed by atoms with E-state index in [-0.39, 0.29) is 0 Å². The Balaban J connectivity index is 1.65. The summed E-state index contributed by atoms with van der Waals surface area (Å²) in [5.41, 5.74) is 6.43. The number of aromatic nitrogens is 3. The van der Waals surface area contributed by atoms with E-state index < -0.39 is 0 Å². The summed E-state index contributed by atoms with van der Waals surface area (Å²) in [4.78, 5) is 3.71. The Morgan fingerprint density at radius 2 is 2.37 bits per heavy atom. The topological polar surface area (TPSA) is 60.0 Å². The molecular weight excluding hydrogens is 258 g/mol. The van der Waals surface area contributed by atoms with Gasteiger partial charge in [0.2, 0.25) is 0 Å². The van der Waals surface area contributed by atoms with Crippen LogP contribution in [-0.2, 0) is 19.6 Å². The summed E-state index contributed by atoms with van der Waals surface area (Å²) < 4.78 is 2.11. The summed E-state index contributed by atoms with van der Waals surface area (Å²) in [7, 11) is 0. The molecule has 0 aliphatic carbocycles. The van der Waals surface area contributed by atoms with Crippen molar-refractivity contribution in [1.29, 1.82) is 0 Å². The SMILES string of the molecule is NCC#Cc1csc(CN2CCn3cnnc3C2)c1. The van der Waals surface area contributed by atoms with Gasteiger partial charge in [-0.05, 0) is 6.07 Å². The van der Waals surface area contributed by atoms with E-state index in [1.165, 1.54) is 4.88 Å². The average molecular weight is 273 g/mol. The van der Waals surface area contributed by atoms with Gasteiger partial charge in [0, 0.05) is 35.5 Å². The lowest BCUT2D eigenvalue weighted by Gasteiger charge is -2.26. The van der Waals surface area contributed by atoms with Crippen molar-refractivity contribution in [3.05, 3.63) is 34.0 Å². The Kier molecular flexibility index (Phi) is 3.60. The molecule has 3 heterocycles. The van der Waals surface area contributed by atoms with Crippen LogP contribution in [0.1, 0.15) is 16.3 Å². The maximum absolute atomic E-state index is 5.37. The summed E-state index contributed by atoms with van der Waals surface area (Å²) in [6.45, 7) is 4.22. The Labute approximate surface area is 116 Å². The van der Waals surface area contributed by atoms with Crippen LogP contribution in [0.25, 0.3) is 0 Å². The minimum atomic E-state index is 0.410. The predicted octanol–water partition coefficient (Wildman–Crippen LogP) is 0.666. The van der Waals surface area contributed by atoms with Crippen molar-refractivity contribution >= 4 is 11.3 Å². The fraction of sp³-hybridized carbons (Fsp3) is 0.385. The molecule has 1 aliphatic heterocycles. The van der Waals surface area contributed by atoms with Gasteiger partial charge < -0.3 is 10.3 Å². The maximum Gasteiger partial charge on any atom is 0.147 e. The molecule has 2 aromatic heterocycles. The first-order valence-electron chi connectivity index (χ1n) is 6.20. The highest BCUT2D eigenvalue weighted by molar-refractivity contribution is 7.10. The third kappa shape index (κ3) is 2.84. The van der Waals surface area contributed by atoms with Crippen LogP contribution in [-0.4, -0.2) is 32.8 Å². The van der Waals surface area contributed by atoms with Gasteiger partial charge in [-0.3, -0.25) is 4.90 Å². The number of hydrogen-bond donors (Lipinski definition) is 1. The van der Waals surface area contributed by atoms with Crippen molar-refractivity contribution in [1.82, 2.24) is 19.7 Å². The summed E-state index contributed by atoms with van der Waals surface area (Å²) in [5.74, 6) is 6.99. The van der Waals surface area contributed by atoms with Crippen LogP contribution in [0.3, 0.4) is 0 Å². The fourth-order valence-corrected chi connectivity index (χ4v) is 3.01. The number of nitrogens with two attached hydrogens (primary N) is 1. The second kappa shape index (κ2) is 5.53. The van der Waals surface area contributed by atoms with Crippen LogP contribution in [0.15, 0.2) is 17.8 Å². The molecule has 0 aromatic carbocycles. The Bertz CT molecular complexity index is 618. The van der Waals surface area contributed by atoms with Gasteiger partial charge in [-0.25, -0.2) is 0 Å². The van der Waals surface area contributed by atoms with Crippen LogP contribution in [0.5, 0.6) is 0 Å². The molecule has 1 aliphatic rings. The predicted molar refractivity (Wildman–Crippen MR) is 74.4 cm³/mol. The molecule has 3 rings (SSSR count). The lowest BCUT2D eigenvalue weighted by atomic mass is 10.3. The number of nitrogens with zero attached hydrogens (tertiary/aromatic N) is 4. The largest absolute Gasteiger partial charge is 0.320 e. The van der Waals surface area contributed by atoms with Gasteiger partial charge in [-0.1, -0.05) is 11.8 Å². The van der Waals surface area contributed by atoms with Gasteiger partial charge in [0.15, 0.2) is 0 Å². The second-order valence-electron chi connectivity index (χ2n) is 4.46. The van der Waals surface area contributed by atoms with Crippen molar-refractivity contribution in [3.8, 4) is 11.8 Å². The molecule has 6 heteroatoms. The van der Waals surface area contributed by atoms with Crippen LogP contribution >= 0.6 is 11.3 Å². The normalized spacial score (nSPS) is 14.8. The molecule has 98 valence electrons. The van der Waals surface area contributed by atoms with E-state index >= 15 is 0 Å². The molecule has 5 nitrogen and oxygen atoms in total. The Morgan fingerprint density at radius 1 is 1.42 bits per heavy atom. The lowest BCUT2D eigenvalue weighted by molar-refractivity contribution is 0.210. The molecule has 0 spiro atoms. The van der Waals surface area contributed by atoms with Crippen LogP contribution in [0.2, 0.25) is 0 Å². The van der Waals surface area contributed by atoms with Crippen molar-refractivity contribution < 1.29 is 0 Å². The quantitative estimate of drug-likeness (QED) is 0.817. The van der Waals surface area contributed by atoms with Gasteiger partial charge in [-0.2, -0.15) is 0 Å². The van der Waals surface area contributed by atoms with E-state index in [4.69, 9.17) is 5.73 Å². The molecule has 0 fully saturated rings. The third-order valence-corrected chi connectivity index (χ3v) is 4.01. The standard InChI is InChI=1S/C13H15N5S/c14-3-1-2-11-6-12(19-9-11)7-17-4-5-18-10-15-16-13(18)8-17/h6,9-10H,3-5,7-8,14H2. The van der Waals surface area contributed by atoms with Gasteiger partial charge in [0.25, 0.3) is 0 Å². The number of hydrogen-bond acceptors (Lipinski definition) is 5. The summed E-state index contributed by atoms with van der Waals surface area (Å²) >= 11 is 1.75. The number of thiophene rings is 1. The zero-order valence-corrected chi connectivity index (χ0v) is 11.4. The minimum absolute atomic E-state index is 0.410. The maximum atomic E-state index is 5.37. The molecule has 0 bridgehead atoms. The van der Waals surface area contributed by atoms with E-state index in [1.807, 2.05) is 0 Å². The van der Waals surface area contributed by atoms with Crippen LogP contribution < -0.4 is 5.73 Å². The van der Waals surface area contributed by atoms with E-state index in [2.05, 4.69) is 43.0 Å². The molecule has 0 amide bonds. The number of fused-ring (bicyclic) bond motifs is 1. The minimum Gasteiger partial charge on any atom is -0.320 e. The molecule has 0 saturated carbocycles. The first-order chi connectivity index (χ1) is 9.35. The summed E-state index contributed by atoms with van der Waals surface area (Å²) in [6, 6.07) is 2.15. The average Bonchev–Trinajstić information content (AvgIpc) is 3.05. The molecule has 0 saturated heterocycles. The van der Waals surface area contributed by atoms with E-state index in [0.717, 1.165) is 37.6 Å². The van der Waals surface area contributed by atoms with Gasteiger partial charge in [0.05, 0.1) is 13.1 Å². The molecular formula is C13H15N5S. The van der Waals surface area contributed by atoms with Crippen molar-refractivity contribution in [2.45, 2.75) is 19.6 Å². The molecule has 2 N–H and O–H groups in total. The molecule has 0 unspecified atom stereocenters. The van der Waals surface area contributed by atoms with Crippen LogP contribution in [0.4, 0.5) is 0 Å². The zero-order valence-electron chi connectivity index (χ0n) is 10.5. The molecule has 0 radical (unpaired) electrons. The Morgan fingerprint density at radius 3 is 3.26 bits per heavy atom. The van der Waals surface area contributed by atoms with E-state index in [0.29, 0.717) is 6.54 Å². The molecule has 2 aromatic rings. The smallest absolute Gasteiger partial charge is 0.147 e. The zero-order chi connectivity index (χ0) is 13.1. The van der Waals surface area contributed by atoms with Gasteiger partial charge >= 0.3 is 0 Å². The third-order valence-electron chi connectivity index (χ3n) is 3.09. The van der Waals surface area contributed by atoms with Gasteiger partial charge in [-0.15, -0.1) is 21.5 Å². The van der Waals surface area contributed by atoms with Crippen molar-refractivity contribution in [2.75, 3.05) is 13.1 Å². The highest BCUT2D eigenvalue weighted by Gasteiger charge is 2.17. The van der Waals surface area contributed by atoms with Crippen LogP contribution in [0, 0.1) is 11.8 Å². The van der Waals surface area contributed by atoms with Gasteiger partial charge in [0.1, 0.15) is 12.2 Å². The summed E-state index contributed by atoms with van der Waals surface area (Å²) in [6.07, 6.45) is 1.80. The molecule has 19 heavy (non-hydrogen) atoms. The Hall–Kier alpha value is -1.68. The first kappa shape index (κ1) is 12.4. The highest BCUT2D eigenvalue weighted by atomic mass is 32.1. The fourth-order valence-electron chi connectivity index (χ4n) is 2.15. The summed E-state index contributed by atoms with van der Waals surface area (Å²) in [5, 5.41) is 10.2.